The molecule has 0 fully saturated rings. The van der Waals surface area contributed by atoms with Gasteiger partial charge in [0, 0.05) is 17.7 Å². The molecular weight excluding hydrogens is 266 g/mol. The molecule has 0 atom stereocenters. The van der Waals surface area contributed by atoms with Gasteiger partial charge < -0.3 is 4.74 Å². The second kappa shape index (κ2) is 5.25. The maximum atomic E-state index is 12.0. The summed E-state index contributed by atoms with van der Waals surface area (Å²) in [6.07, 6.45) is 1.34. The maximum Gasteiger partial charge on any atom is 0.261 e. The standard InChI is InChI=1S/C17H13NO3/c1-12-10-16(19)18(17(12)20)13-6-5-9-15(11-13)21-14-7-3-2-4-8-14/h2-11H,1H3. The zero-order valence-electron chi connectivity index (χ0n) is 11.4. The van der Waals surface area contributed by atoms with Gasteiger partial charge in [0.2, 0.25) is 0 Å². The molecule has 0 saturated carbocycles. The Morgan fingerprint density at radius 3 is 2.29 bits per heavy atom. The van der Waals surface area contributed by atoms with Crippen LogP contribution in [-0.4, -0.2) is 11.8 Å². The van der Waals surface area contributed by atoms with E-state index in [1.165, 1.54) is 6.08 Å². The summed E-state index contributed by atoms with van der Waals surface area (Å²) in [6, 6.07) is 16.2. The van der Waals surface area contributed by atoms with Gasteiger partial charge in [-0.15, -0.1) is 0 Å². The third kappa shape index (κ3) is 2.56. The Labute approximate surface area is 122 Å². The van der Waals surface area contributed by atoms with Gasteiger partial charge in [0.25, 0.3) is 11.8 Å². The van der Waals surface area contributed by atoms with E-state index in [0.717, 1.165) is 4.90 Å². The van der Waals surface area contributed by atoms with E-state index in [2.05, 4.69) is 0 Å². The van der Waals surface area contributed by atoms with Crippen molar-refractivity contribution in [1.82, 2.24) is 0 Å². The summed E-state index contributed by atoms with van der Waals surface area (Å²) in [5, 5.41) is 0. The van der Waals surface area contributed by atoms with Gasteiger partial charge >= 0.3 is 0 Å². The molecule has 0 spiro atoms. The van der Waals surface area contributed by atoms with Crippen molar-refractivity contribution in [2.75, 3.05) is 4.90 Å². The molecule has 0 saturated heterocycles. The monoisotopic (exact) mass is 279 g/mol. The number of ether oxygens (including phenoxy) is 1. The zero-order valence-corrected chi connectivity index (χ0v) is 11.4. The van der Waals surface area contributed by atoms with Gasteiger partial charge in [-0.3, -0.25) is 9.59 Å². The fourth-order valence-corrected chi connectivity index (χ4v) is 2.14. The summed E-state index contributed by atoms with van der Waals surface area (Å²) in [4.78, 5) is 25.0. The Bertz CT molecular complexity index is 735. The quantitative estimate of drug-likeness (QED) is 0.810. The molecule has 1 aliphatic rings. The van der Waals surface area contributed by atoms with Crippen LogP contribution in [0.5, 0.6) is 11.5 Å². The van der Waals surface area contributed by atoms with Crippen molar-refractivity contribution in [3.8, 4) is 11.5 Å². The number of carbonyl (C=O) groups excluding carboxylic acids is 2. The van der Waals surface area contributed by atoms with Crippen molar-refractivity contribution in [2.45, 2.75) is 6.92 Å². The lowest BCUT2D eigenvalue weighted by molar-refractivity contribution is -0.120. The summed E-state index contributed by atoms with van der Waals surface area (Å²) in [7, 11) is 0. The minimum absolute atomic E-state index is 0.295. The van der Waals surface area contributed by atoms with E-state index in [1.54, 1.807) is 31.2 Å². The normalized spacial score (nSPS) is 14.3. The average molecular weight is 279 g/mol. The molecule has 1 aliphatic heterocycles. The second-order valence-corrected chi connectivity index (χ2v) is 4.72. The number of carbonyl (C=O) groups is 2. The van der Waals surface area contributed by atoms with Crippen LogP contribution < -0.4 is 9.64 Å². The first-order valence-corrected chi connectivity index (χ1v) is 6.55. The van der Waals surface area contributed by atoms with E-state index < -0.39 is 0 Å². The number of para-hydroxylation sites is 1. The molecule has 0 aromatic heterocycles. The van der Waals surface area contributed by atoms with Crippen LogP contribution in [0.1, 0.15) is 6.92 Å². The predicted molar refractivity (Wildman–Crippen MR) is 79.2 cm³/mol. The highest BCUT2D eigenvalue weighted by atomic mass is 16.5. The number of hydrogen-bond donors (Lipinski definition) is 0. The van der Waals surface area contributed by atoms with Crippen molar-refractivity contribution in [3.63, 3.8) is 0 Å². The minimum atomic E-state index is -0.325. The molecule has 2 aromatic rings. The summed E-state index contributed by atoms with van der Waals surface area (Å²) in [5.74, 6) is 0.651. The highest BCUT2D eigenvalue weighted by Gasteiger charge is 2.29. The van der Waals surface area contributed by atoms with Crippen LogP contribution in [0.2, 0.25) is 0 Å². The van der Waals surface area contributed by atoms with Gasteiger partial charge in [-0.25, -0.2) is 4.90 Å². The molecule has 3 rings (SSSR count). The molecule has 4 nitrogen and oxygen atoms in total. The third-order valence-corrected chi connectivity index (χ3v) is 3.16. The summed E-state index contributed by atoms with van der Waals surface area (Å²) in [6.45, 7) is 1.63. The minimum Gasteiger partial charge on any atom is -0.457 e. The Kier molecular flexibility index (Phi) is 3.28. The van der Waals surface area contributed by atoms with E-state index in [1.807, 2.05) is 30.3 Å². The number of rotatable bonds is 3. The van der Waals surface area contributed by atoms with Gasteiger partial charge in [-0.2, -0.15) is 0 Å². The van der Waals surface area contributed by atoms with Crippen LogP contribution in [0.3, 0.4) is 0 Å². The van der Waals surface area contributed by atoms with Gasteiger partial charge in [0.05, 0.1) is 5.69 Å². The number of imide groups is 1. The van der Waals surface area contributed by atoms with Crippen LogP contribution >= 0.6 is 0 Å². The van der Waals surface area contributed by atoms with Gasteiger partial charge in [-0.05, 0) is 31.2 Å². The topological polar surface area (TPSA) is 46.6 Å². The molecule has 1 heterocycles. The number of amides is 2. The molecular formula is C17H13NO3. The number of hydrogen-bond acceptors (Lipinski definition) is 3. The summed E-state index contributed by atoms with van der Waals surface area (Å²) < 4.78 is 5.71. The highest BCUT2D eigenvalue weighted by molar-refractivity contribution is 6.30. The Morgan fingerprint density at radius 2 is 1.62 bits per heavy atom. The van der Waals surface area contributed by atoms with E-state index >= 15 is 0 Å². The van der Waals surface area contributed by atoms with Crippen LogP contribution in [0.25, 0.3) is 0 Å². The fraction of sp³-hybridized carbons (Fsp3) is 0.0588. The summed E-state index contributed by atoms with van der Waals surface area (Å²) in [5.41, 5.74) is 0.945. The van der Waals surface area contributed by atoms with Crippen LogP contribution in [-0.2, 0) is 9.59 Å². The molecule has 0 N–H and O–H groups in total. The van der Waals surface area contributed by atoms with Gasteiger partial charge in [0.1, 0.15) is 11.5 Å². The molecule has 0 bridgehead atoms. The Hall–Kier alpha value is -2.88. The number of anilines is 1. The Morgan fingerprint density at radius 1 is 0.905 bits per heavy atom. The van der Waals surface area contributed by atoms with Crippen molar-refractivity contribution in [2.24, 2.45) is 0 Å². The second-order valence-electron chi connectivity index (χ2n) is 4.72. The molecule has 4 heteroatoms. The maximum absolute atomic E-state index is 12.0. The van der Waals surface area contributed by atoms with Crippen molar-refractivity contribution in [1.29, 1.82) is 0 Å². The van der Waals surface area contributed by atoms with Crippen LogP contribution in [0.15, 0.2) is 66.2 Å². The molecule has 104 valence electrons. The number of benzene rings is 2. The smallest absolute Gasteiger partial charge is 0.261 e. The van der Waals surface area contributed by atoms with E-state index in [9.17, 15) is 9.59 Å². The lowest BCUT2D eigenvalue weighted by Crippen LogP contribution is -2.30. The van der Waals surface area contributed by atoms with Crippen LogP contribution in [0, 0.1) is 0 Å². The average Bonchev–Trinajstić information content (AvgIpc) is 2.73. The van der Waals surface area contributed by atoms with Crippen molar-refractivity contribution < 1.29 is 14.3 Å². The Balaban J connectivity index is 1.88. The van der Waals surface area contributed by atoms with E-state index in [0.29, 0.717) is 22.8 Å². The predicted octanol–water partition coefficient (Wildman–Crippen LogP) is 3.30. The number of nitrogens with zero attached hydrogens (tertiary/aromatic N) is 1. The largest absolute Gasteiger partial charge is 0.457 e. The molecule has 0 radical (unpaired) electrons. The third-order valence-electron chi connectivity index (χ3n) is 3.16. The molecule has 2 aromatic carbocycles. The molecule has 21 heavy (non-hydrogen) atoms. The van der Waals surface area contributed by atoms with Gasteiger partial charge in [-0.1, -0.05) is 24.3 Å². The SMILES string of the molecule is CC1=CC(=O)N(c2cccc(Oc3ccccc3)c2)C1=O. The molecule has 0 unspecified atom stereocenters. The first kappa shape index (κ1) is 13.1. The lowest BCUT2D eigenvalue weighted by atomic mass is 10.2. The van der Waals surface area contributed by atoms with E-state index in [-0.39, 0.29) is 11.8 Å². The zero-order chi connectivity index (χ0) is 14.8. The van der Waals surface area contributed by atoms with Gasteiger partial charge in [0.15, 0.2) is 0 Å². The van der Waals surface area contributed by atoms with Crippen molar-refractivity contribution >= 4 is 17.5 Å². The van der Waals surface area contributed by atoms with Crippen molar-refractivity contribution in [3.05, 3.63) is 66.2 Å². The fourth-order valence-electron chi connectivity index (χ4n) is 2.14. The first-order chi connectivity index (χ1) is 10.1. The molecule has 2 amide bonds. The van der Waals surface area contributed by atoms with E-state index in [4.69, 9.17) is 4.74 Å². The van der Waals surface area contributed by atoms with Crippen LogP contribution in [0.4, 0.5) is 5.69 Å². The molecule has 0 aliphatic carbocycles. The lowest BCUT2D eigenvalue weighted by Gasteiger charge is -2.15. The summed E-state index contributed by atoms with van der Waals surface area (Å²) >= 11 is 0. The highest BCUT2D eigenvalue weighted by Crippen LogP contribution is 2.28. The first-order valence-electron chi connectivity index (χ1n) is 6.55.